The van der Waals surface area contributed by atoms with Gasteiger partial charge in [0.15, 0.2) is 0 Å². The summed E-state index contributed by atoms with van der Waals surface area (Å²) < 4.78 is 25.3. The number of anilines is 2. The molecule has 2 fully saturated rings. The number of carbonyl (C=O) groups excluding carboxylic acids is 1. The van der Waals surface area contributed by atoms with Crippen LogP contribution in [0.5, 0.6) is 0 Å². The van der Waals surface area contributed by atoms with Crippen LogP contribution in [0.1, 0.15) is 19.3 Å². The highest BCUT2D eigenvalue weighted by Crippen LogP contribution is 2.31. The van der Waals surface area contributed by atoms with Crippen LogP contribution in [0, 0.1) is 0 Å². The van der Waals surface area contributed by atoms with E-state index >= 15 is 0 Å². The molecular weight excluding hydrogens is 326 g/mol. The molecule has 0 radical (unpaired) electrons. The number of nitrogens with zero attached hydrogens (tertiary/aromatic N) is 1. The molecule has 120 valence electrons. The fraction of sp³-hybridized carbons (Fsp3) is 0.500. The van der Waals surface area contributed by atoms with Crippen molar-refractivity contribution in [3.8, 4) is 0 Å². The van der Waals surface area contributed by atoms with Gasteiger partial charge in [-0.15, -0.1) is 0 Å². The first-order chi connectivity index (χ1) is 10.5. The van der Waals surface area contributed by atoms with Crippen LogP contribution >= 0.6 is 11.6 Å². The fourth-order valence-corrected chi connectivity index (χ4v) is 4.54. The van der Waals surface area contributed by atoms with Crippen LogP contribution in [0.25, 0.3) is 0 Å². The van der Waals surface area contributed by atoms with E-state index in [2.05, 4.69) is 10.6 Å². The number of hydrogen-bond acceptors (Lipinski definition) is 4. The minimum Gasteiger partial charge on any atom is -0.323 e. The number of nitrogens with one attached hydrogen (secondary N) is 2. The summed E-state index contributed by atoms with van der Waals surface area (Å²) in [7, 11) is -3.25. The highest BCUT2D eigenvalue weighted by Gasteiger charge is 2.29. The van der Waals surface area contributed by atoms with Crippen molar-refractivity contribution in [2.45, 2.75) is 25.3 Å². The molecule has 0 aliphatic carbocycles. The van der Waals surface area contributed by atoms with E-state index in [9.17, 15) is 13.2 Å². The van der Waals surface area contributed by atoms with Gasteiger partial charge in [-0.3, -0.25) is 9.10 Å². The summed E-state index contributed by atoms with van der Waals surface area (Å²) in [4.78, 5) is 12.2. The molecule has 1 aromatic carbocycles. The zero-order valence-corrected chi connectivity index (χ0v) is 13.6. The van der Waals surface area contributed by atoms with Gasteiger partial charge in [0, 0.05) is 6.54 Å². The average Bonchev–Trinajstić information content (AvgIpc) is 3.10. The highest BCUT2D eigenvalue weighted by molar-refractivity contribution is 7.93. The van der Waals surface area contributed by atoms with Crippen molar-refractivity contribution < 1.29 is 13.2 Å². The molecule has 2 aliphatic heterocycles. The number of carbonyl (C=O) groups is 1. The Labute approximate surface area is 134 Å². The second kappa shape index (κ2) is 6.06. The summed E-state index contributed by atoms with van der Waals surface area (Å²) in [6.07, 6.45) is 2.38. The molecule has 0 saturated carbocycles. The van der Waals surface area contributed by atoms with Gasteiger partial charge in [0.25, 0.3) is 0 Å². The Bertz CT molecular complexity index is 687. The van der Waals surface area contributed by atoms with E-state index in [4.69, 9.17) is 11.6 Å². The minimum absolute atomic E-state index is 0.138. The molecule has 3 rings (SSSR count). The number of rotatable bonds is 3. The lowest BCUT2D eigenvalue weighted by Crippen LogP contribution is -2.35. The molecule has 1 amide bonds. The standard InChI is InChI=1S/C14H18ClN3O3S/c15-11-5-4-10(18-7-2-8-22(18,20)21)9-13(11)17-14(19)12-3-1-6-16-12/h4-5,9,12,16H,1-3,6-8H2,(H,17,19)/t12-/m0/s1. The highest BCUT2D eigenvalue weighted by atomic mass is 35.5. The summed E-state index contributed by atoms with van der Waals surface area (Å²) in [5.41, 5.74) is 0.983. The summed E-state index contributed by atoms with van der Waals surface area (Å²) in [5, 5.41) is 6.30. The van der Waals surface area contributed by atoms with Crippen LogP contribution in [0.2, 0.25) is 5.02 Å². The molecule has 2 N–H and O–H groups in total. The summed E-state index contributed by atoms with van der Waals surface area (Å²) in [6.45, 7) is 1.29. The maximum atomic E-state index is 12.2. The third-order valence-electron chi connectivity index (χ3n) is 3.97. The third kappa shape index (κ3) is 3.06. The van der Waals surface area contributed by atoms with Crippen LogP contribution in [-0.4, -0.2) is 39.2 Å². The molecule has 1 atom stereocenters. The molecule has 0 bridgehead atoms. The molecule has 1 aromatic rings. The first-order valence-corrected chi connectivity index (χ1v) is 9.30. The Balaban J connectivity index is 1.82. The zero-order chi connectivity index (χ0) is 15.7. The Morgan fingerprint density at radius 3 is 2.82 bits per heavy atom. The summed E-state index contributed by atoms with van der Waals surface area (Å²) in [5.74, 6) is 0.0179. The minimum atomic E-state index is -3.25. The van der Waals surface area contributed by atoms with Gasteiger partial charge in [-0.2, -0.15) is 0 Å². The lowest BCUT2D eigenvalue weighted by atomic mass is 10.2. The number of halogens is 1. The first-order valence-electron chi connectivity index (χ1n) is 7.31. The van der Waals surface area contributed by atoms with Crippen molar-refractivity contribution in [3.63, 3.8) is 0 Å². The Morgan fingerprint density at radius 1 is 1.36 bits per heavy atom. The normalized spacial score (nSPS) is 23.7. The fourth-order valence-electron chi connectivity index (χ4n) is 2.82. The quantitative estimate of drug-likeness (QED) is 0.873. The van der Waals surface area contributed by atoms with Crippen LogP contribution in [0.4, 0.5) is 11.4 Å². The monoisotopic (exact) mass is 343 g/mol. The van der Waals surface area contributed by atoms with Crippen molar-refractivity contribution in [1.29, 1.82) is 0 Å². The number of hydrogen-bond donors (Lipinski definition) is 2. The van der Waals surface area contributed by atoms with E-state index in [-0.39, 0.29) is 17.7 Å². The Morgan fingerprint density at radius 2 is 2.18 bits per heavy atom. The molecular formula is C14H18ClN3O3S. The molecule has 0 unspecified atom stereocenters. The van der Waals surface area contributed by atoms with E-state index in [0.29, 0.717) is 29.4 Å². The molecule has 6 nitrogen and oxygen atoms in total. The summed E-state index contributed by atoms with van der Waals surface area (Å²) >= 11 is 6.12. The van der Waals surface area contributed by atoms with Crippen LogP contribution in [-0.2, 0) is 14.8 Å². The number of benzene rings is 1. The van der Waals surface area contributed by atoms with Crippen LogP contribution in [0.3, 0.4) is 0 Å². The molecule has 0 spiro atoms. The zero-order valence-electron chi connectivity index (χ0n) is 12.0. The second-order valence-electron chi connectivity index (χ2n) is 5.54. The number of sulfonamides is 1. The molecule has 8 heteroatoms. The van der Waals surface area contributed by atoms with Crippen molar-refractivity contribution in [2.75, 3.05) is 28.5 Å². The van der Waals surface area contributed by atoms with Gasteiger partial charge in [0.1, 0.15) is 0 Å². The van der Waals surface area contributed by atoms with E-state index in [0.717, 1.165) is 19.4 Å². The van der Waals surface area contributed by atoms with Crippen molar-refractivity contribution in [3.05, 3.63) is 23.2 Å². The van der Waals surface area contributed by atoms with Gasteiger partial charge in [-0.25, -0.2) is 8.42 Å². The van der Waals surface area contributed by atoms with Crippen LogP contribution < -0.4 is 14.9 Å². The smallest absolute Gasteiger partial charge is 0.241 e. The van der Waals surface area contributed by atoms with Gasteiger partial charge in [0.2, 0.25) is 15.9 Å². The predicted molar refractivity (Wildman–Crippen MR) is 86.9 cm³/mol. The van der Waals surface area contributed by atoms with Crippen molar-refractivity contribution >= 4 is 38.9 Å². The molecule has 2 saturated heterocycles. The van der Waals surface area contributed by atoms with E-state index in [1.807, 2.05) is 0 Å². The largest absolute Gasteiger partial charge is 0.323 e. The van der Waals surface area contributed by atoms with Gasteiger partial charge in [0.05, 0.1) is 28.2 Å². The SMILES string of the molecule is O=C(Nc1cc(N2CCCS2(=O)=O)ccc1Cl)[C@@H]1CCCN1. The summed E-state index contributed by atoms with van der Waals surface area (Å²) in [6, 6.07) is 4.69. The van der Waals surface area contributed by atoms with Crippen molar-refractivity contribution in [2.24, 2.45) is 0 Å². The third-order valence-corrected chi connectivity index (χ3v) is 6.17. The van der Waals surface area contributed by atoms with E-state index in [1.165, 1.54) is 4.31 Å². The Kier molecular flexibility index (Phi) is 4.29. The second-order valence-corrected chi connectivity index (χ2v) is 7.96. The van der Waals surface area contributed by atoms with E-state index in [1.54, 1.807) is 18.2 Å². The van der Waals surface area contributed by atoms with Gasteiger partial charge >= 0.3 is 0 Å². The molecule has 2 aliphatic rings. The van der Waals surface area contributed by atoms with Crippen molar-refractivity contribution in [1.82, 2.24) is 5.32 Å². The average molecular weight is 344 g/mol. The van der Waals surface area contributed by atoms with Gasteiger partial charge in [-0.1, -0.05) is 11.6 Å². The predicted octanol–water partition coefficient (Wildman–Crippen LogP) is 1.57. The maximum Gasteiger partial charge on any atom is 0.241 e. The topological polar surface area (TPSA) is 78.5 Å². The number of amides is 1. The van der Waals surface area contributed by atoms with Crippen LogP contribution in [0.15, 0.2) is 18.2 Å². The molecule has 0 aromatic heterocycles. The Hall–Kier alpha value is -1.31. The van der Waals surface area contributed by atoms with E-state index < -0.39 is 10.0 Å². The lowest BCUT2D eigenvalue weighted by Gasteiger charge is -2.19. The molecule has 2 heterocycles. The lowest BCUT2D eigenvalue weighted by molar-refractivity contribution is -0.117. The van der Waals surface area contributed by atoms with Gasteiger partial charge in [-0.05, 0) is 44.0 Å². The first kappa shape index (κ1) is 15.6. The maximum absolute atomic E-state index is 12.2. The van der Waals surface area contributed by atoms with Gasteiger partial charge < -0.3 is 10.6 Å². The molecule has 22 heavy (non-hydrogen) atoms.